The summed E-state index contributed by atoms with van der Waals surface area (Å²) in [6.45, 7) is 6.65. The number of pyridine rings is 1. The molecule has 1 amide bonds. The summed E-state index contributed by atoms with van der Waals surface area (Å²) in [7, 11) is 1.64. The standard InChI is InChI=1S/C29H32N4O2/c1-4-33(22-12-9-11-21(2)19-22)18-10-17-30-29(34)25-20-31-28(24-14-6-5-13-23(24)25)32-26-15-7-8-16-27(26)35-3/h5-9,11-16,19-20H,4,10,17-18H2,1-3H3,(H,30,34)(H,31,32). The van der Waals surface area contributed by atoms with Crippen LogP contribution in [0.15, 0.2) is 79.0 Å². The Bertz CT molecular complexity index is 1300. The summed E-state index contributed by atoms with van der Waals surface area (Å²) >= 11 is 0. The van der Waals surface area contributed by atoms with Crippen molar-refractivity contribution in [1.82, 2.24) is 10.3 Å². The summed E-state index contributed by atoms with van der Waals surface area (Å²) in [5, 5.41) is 8.16. The van der Waals surface area contributed by atoms with Crippen LogP contribution >= 0.6 is 0 Å². The molecule has 180 valence electrons. The molecule has 0 bridgehead atoms. The van der Waals surface area contributed by atoms with Gasteiger partial charge in [0.1, 0.15) is 11.6 Å². The van der Waals surface area contributed by atoms with Gasteiger partial charge in [0.15, 0.2) is 0 Å². The van der Waals surface area contributed by atoms with E-state index < -0.39 is 0 Å². The molecule has 0 radical (unpaired) electrons. The number of methoxy groups -OCH3 is 1. The lowest BCUT2D eigenvalue weighted by atomic mass is 10.1. The molecule has 0 aliphatic heterocycles. The summed E-state index contributed by atoms with van der Waals surface area (Å²) in [4.78, 5) is 20.0. The first-order valence-electron chi connectivity index (χ1n) is 12.0. The molecule has 0 saturated carbocycles. The molecule has 0 saturated heterocycles. The molecule has 4 rings (SSSR count). The molecule has 0 aliphatic carbocycles. The van der Waals surface area contributed by atoms with Crippen molar-refractivity contribution in [3.63, 3.8) is 0 Å². The lowest BCUT2D eigenvalue weighted by Gasteiger charge is -2.23. The maximum absolute atomic E-state index is 13.1. The quantitative estimate of drug-likeness (QED) is 0.282. The van der Waals surface area contributed by atoms with E-state index in [9.17, 15) is 4.79 Å². The second-order valence-corrected chi connectivity index (χ2v) is 8.42. The number of carbonyl (C=O) groups is 1. The summed E-state index contributed by atoms with van der Waals surface area (Å²) in [6, 6.07) is 24.0. The Morgan fingerprint density at radius 2 is 1.77 bits per heavy atom. The Hall–Kier alpha value is -4.06. The number of para-hydroxylation sites is 2. The number of fused-ring (bicyclic) bond motifs is 1. The Kier molecular flexibility index (Phi) is 7.83. The van der Waals surface area contributed by atoms with E-state index in [1.165, 1.54) is 11.3 Å². The highest BCUT2D eigenvalue weighted by molar-refractivity contribution is 6.09. The summed E-state index contributed by atoms with van der Waals surface area (Å²) in [6.07, 6.45) is 2.49. The van der Waals surface area contributed by atoms with Gasteiger partial charge in [0.05, 0.1) is 18.4 Å². The third kappa shape index (κ3) is 5.72. The smallest absolute Gasteiger partial charge is 0.253 e. The molecule has 2 N–H and O–H groups in total. The van der Waals surface area contributed by atoms with Crippen LogP contribution in [0, 0.1) is 6.92 Å². The SMILES string of the molecule is CCN(CCCNC(=O)c1cnc(Nc2ccccc2OC)c2ccccc12)c1cccc(C)c1. The Morgan fingerprint density at radius 1 is 1.00 bits per heavy atom. The maximum Gasteiger partial charge on any atom is 0.253 e. The van der Waals surface area contributed by atoms with Crippen LogP contribution in [0.2, 0.25) is 0 Å². The van der Waals surface area contributed by atoms with Gasteiger partial charge in [-0.25, -0.2) is 4.98 Å². The molecule has 6 heteroatoms. The highest BCUT2D eigenvalue weighted by Gasteiger charge is 2.14. The number of hydrogen-bond donors (Lipinski definition) is 2. The number of amides is 1. The topological polar surface area (TPSA) is 66.5 Å². The van der Waals surface area contributed by atoms with Crippen molar-refractivity contribution in [3.05, 3.63) is 90.1 Å². The summed E-state index contributed by atoms with van der Waals surface area (Å²) < 4.78 is 5.45. The molecule has 4 aromatic rings. The van der Waals surface area contributed by atoms with E-state index in [-0.39, 0.29) is 5.91 Å². The average Bonchev–Trinajstić information content (AvgIpc) is 2.89. The summed E-state index contributed by atoms with van der Waals surface area (Å²) in [5.74, 6) is 1.29. The molecule has 1 heterocycles. The number of carbonyl (C=O) groups excluding carboxylic acids is 1. The lowest BCUT2D eigenvalue weighted by molar-refractivity contribution is 0.0954. The predicted octanol–water partition coefficient (Wildman–Crippen LogP) is 5.94. The molecule has 0 aliphatic rings. The molecular formula is C29H32N4O2. The number of benzene rings is 3. The second kappa shape index (κ2) is 11.4. The van der Waals surface area contributed by atoms with Gasteiger partial charge >= 0.3 is 0 Å². The van der Waals surface area contributed by atoms with E-state index in [0.717, 1.165) is 41.7 Å². The minimum atomic E-state index is -0.115. The van der Waals surface area contributed by atoms with Crippen LogP contribution in [0.4, 0.5) is 17.2 Å². The highest BCUT2D eigenvalue weighted by atomic mass is 16.5. The van der Waals surface area contributed by atoms with Gasteiger partial charge < -0.3 is 20.3 Å². The number of ether oxygens (including phenoxy) is 1. The van der Waals surface area contributed by atoms with E-state index >= 15 is 0 Å². The third-order valence-corrected chi connectivity index (χ3v) is 6.04. The van der Waals surface area contributed by atoms with Gasteiger partial charge in [-0.15, -0.1) is 0 Å². The number of nitrogens with one attached hydrogen (secondary N) is 2. The van der Waals surface area contributed by atoms with Gasteiger partial charge in [0.25, 0.3) is 5.91 Å². The maximum atomic E-state index is 13.1. The molecule has 0 spiro atoms. The second-order valence-electron chi connectivity index (χ2n) is 8.42. The fourth-order valence-corrected chi connectivity index (χ4v) is 4.21. The Morgan fingerprint density at radius 3 is 2.54 bits per heavy atom. The zero-order chi connectivity index (χ0) is 24.6. The first kappa shape index (κ1) is 24.1. The Labute approximate surface area is 207 Å². The van der Waals surface area contributed by atoms with Crippen molar-refractivity contribution in [2.75, 3.05) is 37.0 Å². The first-order chi connectivity index (χ1) is 17.1. The number of hydrogen-bond acceptors (Lipinski definition) is 5. The third-order valence-electron chi connectivity index (χ3n) is 6.04. The van der Waals surface area contributed by atoms with Crippen molar-refractivity contribution in [1.29, 1.82) is 0 Å². The van der Waals surface area contributed by atoms with Crippen LogP contribution in [0.5, 0.6) is 5.75 Å². The van der Waals surface area contributed by atoms with Crippen molar-refractivity contribution < 1.29 is 9.53 Å². The van der Waals surface area contributed by atoms with Crippen molar-refractivity contribution in [2.24, 2.45) is 0 Å². The molecule has 0 fully saturated rings. The van der Waals surface area contributed by atoms with Crippen LogP contribution in [0.25, 0.3) is 10.8 Å². The van der Waals surface area contributed by atoms with E-state index in [2.05, 4.69) is 58.6 Å². The largest absolute Gasteiger partial charge is 0.495 e. The zero-order valence-corrected chi connectivity index (χ0v) is 20.5. The molecule has 6 nitrogen and oxygen atoms in total. The molecule has 0 atom stereocenters. The van der Waals surface area contributed by atoms with Gasteiger partial charge in [0.2, 0.25) is 0 Å². The minimum absolute atomic E-state index is 0.115. The highest BCUT2D eigenvalue weighted by Crippen LogP contribution is 2.31. The summed E-state index contributed by atoms with van der Waals surface area (Å²) in [5.41, 5.74) is 3.85. The fourth-order valence-electron chi connectivity index (χ4n) is 4.21. The van der Waals surface area contributed by atoms with Crippen LogP contribution in [0.3, 0.4) is 0 Å². The first-order valence-corrected chi connectivity index (χ1v) is 12.0. The fraction of sp³-hybridized carbons (Fsp3) is 0.241. The molecule has 0 unspecified atom stereocenters. The number of aromatic nitrogens is 1. The number of aryl methyl sites for hydroxylation is 1. The van der Waals surface area contributed by atoms with Gasteiger partial charge in [-0.3, -0.25) is 4.79 Å². The van der Waals surface area contributed by atoms with Crippen LogP contribution in [-0.4, -0.2) is 37.6 Å². The Balaban J connectivity index is 1.44. The zero-order valence-electron chi connectivity index (χ0n) is 20.5. The molecule has 3 aromatic carbocycles. The number of anilines is 3. The van der Waals surface area contributed by atoms with Crippen molar-refractivity contribution >= 4 is 33.9 Å². The molecule has 35 heavy (non-hydrogen) atoms. The van der Waals surface area contributed by atoms with Gasteiger partial charge in [-0.2, -0.15) is 0 Å². The predicted molar refractivity (Wildman–Crippen MR) is 144 cm³/mol. The van der Waals surface area contributed by atoms with Gasteiger partial charge in [-0.1, -0.05) is 48.5 Å². The van der Waals surface area contributed by atoms with Crippen LogP contribution in [0.1, 0.15) is 29.3 Å². The molecular weight excluding hydrogens is 436 g/mol. The van der Waals surface area contributed by atoms with E-state index in [1.54, 1.807) is 13.3 Å². The van der Waals surface area contributed by atoms with Crippen LogP contribution < -0.4 is 20.3 Å². The minimum Gasteiger partial charge on any atom is -0.495 e. The molecule has 1 aromatic heterocycles. The van der Waals surface area contributed by atoms with E-state index in [0.29, 0.717) is 17.9 Å². The monoisotopic (exact) mass is 468 g/mol. The lowest BCUT2D eigenvalue weighted by Crippen LogP contribution is -2.30. The van der Waals surface area contributed by atoms with E-state index in [4.69, 9.17) is 4.74 Å². The number of nitrogens with zero attached hydrogens (tertiary/aromatic N) is 2. The van der Waals surface area contributed by atoms with Crippen molar-refractivity contribution in [3.8, 4) is 5.75 Å². The van der Waals surface area contributed by atoms with Gasteiger partial charge in [0, 0.05) is 36.9 Å². The number of rotatable bonds is 10. The average molecular weight is 469 g/mol. The normalized spacial score (nSPS) is 10.7. The van der Waals surface area contributed by atoms with Crippen molar-refractivity contribution in [2.45, 2.75) is 20.3 Å². The van der Waals surface area contributed by atoms with Gasteiger partial charge in [-0.05, 0) is 55.5 Å². The van der Waals surface area contributed by atoms with Crippen LogP contribution in [-0.2, 0) is 0 Å². The van der Waals surface area contributed by atoms with E-state index in [1.807, 2.05) is 48.5 Å².